The fourth-order valence-corrected chi connectivity index (χ4v) is 2.58. The van der Waals surface area contributed by atoms with Crippen LogP contribution in [0.2, 0.25) is 0 Å². The van der Waals surface area contributed by atoms with Crippen LogP contribution in [-0.4, -0.2) is 29.8 Å². The summed E-state index contributed by atoms with van der Waals surface area (Å²) in [7, 11) is 0. The number of carbonyl (C=O) groups excluding carboxylic acids is 1. The van der Waals surface area contributed by atoms with E-state index in [9.17, 15) is 4.79 Å². The van der Waals surface area contributed by atoms with E-state index in [1.807, 2.05) is 0 Å². The highest BCUT2D eigenvalue weighted by Crippen LogP contribution is 2.22. The number of rotatable bonds is 6. The molecule has 0 heterocycles. The van der Waals surface area contributed by atoms with Gasteiger partial charge < -0.3 is 9.69 Å². The minimum Gasteiger partial charge on any atom is -0.301 e. The van der Waals surface area contributed by atoms with Crippen molar-refractivity contribution in [2.45, 2.75) is 64.8 Å². The topological polar surface area (TPSA) is 20.3 Å². The second kappa shape index (κ2) is 7.00. The lowest BCUT2D eigenvalue weighted by Gasteiger charge is -2.33. The Morgan fingerprint density at radius 1 is 1.27 bits per heavy atom. The van der Waals surface area contributed by atoms with Crippen molar-refractivity contribution in [2.75, 3.05) is 13.1 Å². The van der Waals surface area contributed by atoms with Gasteiger partial charge in [-0.25, -0.2) is 0 Å². The molecule has 0 amide bonds. The summed E-state index contributed by atoms with van der Waals surface area (Å²) in [5, 5.41) is 0. The van der Waals surface area contributed by atoms with Gasteiger partial charge in [-0.05, 0) is 39.3 Å². The van der Waals surface area contributed by atoms with Crippen LogP contribution >= 0.6 is 0 Å². The van der Waals surface area contributed by atoms with Crippen LogP contribution in [0.25, 0.3) is 0 Å². The van der Waals surface area contributed by atoms with Gasteiger partial charge in [-0.15, -0.1) is 0 Å². The molecular weight excluding hydrogens is 186 g/mol. The predicted octanol–water partition coefficient (Wildman–Crippen LogP) is 3.01. The molecule has 88 valence electrons. The van der Waals surface area contributed by atoms with Gasteiger partial charge in [0.15, 0.2) is 0 Å². The molecule has 15 heavy (non-hydrogen) atoms. The molecule has 0 N–H and O–H groups in total. The Kier molecular flexibility index (Phi) is 5.92. The minimum atomic E-state index is 0.328. The lowest BCUT2D eigenvalue weighted by atomic mass is 9.94. The van der Waals surface area contributed by atoms with Crippen LogP contribution < -0.4 is 0 Å². The minimum absolute atomic E-state index is 0.328. The maximum absolute atomic E-state index is 10.9. The van der Waals surface area contributed by atoms with Crippen LogP contribution in [0.4, 0.5) is 0 Å². The van der Waals surface area contributed by atoms with Gasteiger partial charge in [0.25, 0.3) is 0 Å². The van der Waals surface area contributed by atoms with Crippen molar-refractivity contribution in [1.82, 2.24) is 4.90 Å². The Hall–Kier alpha value is -0.370. The zero-order valence-corrected chi connectivity index (χ0v) is 10.3. The van der Waals surface area contributed by atoms with Crippen LogP contribution in [0.15, 0.2) is 0 Å². The molecule has 2 heteroatoms. The first-order valence-corrected chi connectivity index (χ1v) is 6.47. The first-order valence-electron chi connectivity index (χ1n) is 6.47. The molecule has 0 atom stereocenters. The molecule has 0 aromatic heterocycles. The Labute approximate surface area is 94.0 Å². The summed E-state index contributed by atoms with van der Waals surface area (Å²) in [5.74, 6) is 0.328. The normalized spacial score (nSPS) is 18.3. The molecule has 1 rings (SSSR count). The Balaban J connectivity index is 2.24. The van der Waals surface area contributed by atoms with Crippen molar-refractivity contribution < 1.29 is 4.79 Å². The van der Waals surface area contributed by atoms with Gasteiger partial charge in [-0.2, -0.15) is 0 Å². The van der Waals surface area contributed by atoms with Crippen molar-refractivity contribution in [1.29, 1.82) is 0 Å². The fraction of sp³-hybridized carbons (Fsp3) is 0.923. The van der Waals surface area contributed by atoms with E-state index in [1.54, 1.807) is 6.92 Å². The lowest BCUT2D eigenvalue weighted by Crippen LogP contribution is -2.37. The van der Waals surface area contributed by atoms with Crippen molar-refractivity contribution in [3.63, 3.8) is 0 Å². The number of nitrogens with zero attached hydrogens (tertiary/aromatic N) is 1. The smallest absolute Gasteiger partial charge is 0.129 e. The first-order chi connectivity index (χ1) is 7.24. The third-order valence-electron chi connectivity index (χ3n) is 3.47. The second-order valence-corrected chi connectivity index (χ2v) is 4.73. The fourth-order valence-electron chi connectivity index (χ4n) is 2.58. The van der Waals surface area contributed by atoms with Crippen molar-refractivity contribution >= 4 is 5.78 Å². The Morgan fingerprint density at radius 2 is 1.93 bits per heavy atom. The lowest BCUT2D eigenvalue weighted by molar-refractivity contribution is -0.117. The molecule has 0 aromatic carbocycles. The summed E-state index contributed by atoms with van der Waals surface area (Å²) >= 11 is 0. The van der Waals surface area contributed by atoms with Crippen LogP contribution in [0.3, 0.4) is 0 Å². The van der Waals surface area contributed by atoms with Gasteiger partial charge in [0, 0.05) is 12.5 Å². The maximum atomic E-state index is 10.9. The predicted molar refractivity (Wildman–Crippen MR) is 64.0 cm³/mol. The number of carbonyl (C=O) groups is 1. The molecule has 0 bridgehead atoms. The third-order valence-corrected chi connectivity index (χ3v) is 3.47. The number of Topliss-reactive ketones (excluding diaryl/α,β-unsaturated/α-hetero) is 1. The van der Waals surface area contributed by atoms with E-state index >= 15 is 0 Å². The van der Waals surface area contributed by atoms with Crippen LogP contribution in [0.1, 0.15) is 58.8 Å². The highest BCUT2D eigenvalue weighted by Gasteiger charge is 2.19. The molecule has 1 aliphatic carbocycles. The molecular formula is C13H25NO. The highest BCUT2D eigenvalue weighted by atomic mass is 16.1. The van der Waals surface area contributed by atoms with Gasteiger partial charge >= 0.3 is 0 Å². The Bertz CT molecular complexity index is 185. The van der Waals surface area contributed by atoms with Gasteiger partial charge in [0.1, 0.15) is 5.78 Å². The van der Waals surface area contributed by atoms with Crippen LogP contribution in [0, 0.1) is 0 Å². The van der Waals surface area contributed by atoms with E-state index in [4.69, 9.17) is 0 Å². The zero-order chi connectivity index (χ0) is 11.1. The SMILES string of the molecule is CCN(CCCC(C)=O)C1CCCCC1. The van der Waals surface area contributed by atoms with E-state index < -0.39 is 0 Å². The zero-order valence-electron chi connectivity index (χ0n) is 10.3. The number of ketones is 1. The van der Waals surface area contributed by atoms with Crippen molar-refractivity contribution in [3.05, 3.63) is 0 Å². The molecule has 0 aromatic rings. The molecule has 0 spiro atoms. The largest absolute Gasteiger partial charge is 0.301 e. The highest BCUT2D eigenvalue weighted by molar-refractivity contribution is 5.75. The van der Waals surface area contributed by atoms with E-state index in [2.05, 4.69) is 11.8 Å². The monoisotopic (exact) mass is 211 g/mol. The van der Waals surface area contributed by atoms with Gasteiger partial charge in [0.2, 0.25) is 0 Å². The van der Waals surface area contributed by atoms with Crippen molar-refractivity contribution in [3.8, 4) is 0 Å². The van der Waals surface area contributed by atoms with Crippen LogP contribution in [0.5, 0.6) is 0 Å². The number of hydrogen-bond acceptors (Lipinski definition) is 2. The molecule has 0 radical (unpaired) electrons. The molecule has 0 aliphatic heterocycles. The van der Waals surface area contributed by atoms with E-state index in [0.717, 1.165) is 32.0 Å². The summed E-state index contributed by atoms with van der Waals surface area (Å²) in [6.07, 6.45) is 8.74. The Morgan fingerprint density at radius 3 is 2.47 bits per heavy atom. The summed E-state index contributed by atoms with van der Waals surface area (Å²) < 4.78 is 0. The second-order valence-electron chi connectivity index (χ2n) is 4.73. The molecule has 2 nitrogen and oxygen atoms in total. The number of hydrogen-bond donors (Lipinski definition) is 0. The average molecular weight is 211 g/mol. The molecule has 0 unspecified atom stereocenters. The van der Waals surface area contributed by atoms with Gasteiger partial charge in [-0.3, -0.25) is 0 Å². The van der Waals surface area contributed by atoms with Gasteiger partial charge in [0.05, 0.1) is 0 Å². The van der Waals surface area contributed by atoms with Gasteiger partial charge in [-0.1, -0.05) is 26.2 Å². The summed E-state index contributed by atoms with van der Waals surface area (Å²) in [4.78, 5) is 13.4. The van der Waals surface area contributed by atoms with E-state index in [-0.39, 0.29) is 0 Å². The summed E-state index contributed by atoms with van der Waals surface area (Å²) in [6.45, 7) is 6.18. The quantitative estimate of drug-likeness (QED) is 0.673. The maximum Gasteiger partial charge on any atom is 0.129 e. The molecule has 1 fully saturated rings. The molecule has 1 aliphatic rings. The standard InChI is InChI=1S/C13H25NO/c1-3-14(11-7-8-12(2)15)13-9-5-4-6-10-13/h13H,3-11H2,1-2H3. The van der Waals surface area contributed by atoms with E-state index in [0.29, 0.717) is 5.78 Å². The molecule has 0 saturated heterocycles. The van der Waals surface area contributed by atoms with Crippen LogP contribution in [-0.2, 0) is 4.79 Å². The average Bonchev–Trinajstić information content (AvgIpc) is 2.25. The van der Waals surface area contributed by atoms with Crippen molar-refractivity contribution in [2.24, 2.45) is 0 Å². The summed E-state index contributed by atoms with van der Waals surface area (Å²) in [5.41, 5.74) is 0. The summed E-state index contributed by atoms with van der Waals surface area (Å²) in [6, 6.07) is 0.802. The first kappa shape index (κ1) is 12.7. The molecule has 1 saturated carbocycles. The third kappa shape index (κ3) is 4.78. The van der Waals surface area contributed by atoms with E-state index in [1.165, 1.54) is 32.1 Å².